The Morgan fingerprint density at radius 3 is 3.08 bits per heavy atom. The van der Waals surface area contributed by atoms with Gasteiger partial charge in [-0.1, -0.05) is 0 Å². The molecule has 1 fully saturated rings. The zero-order valence-corrected chi connectivity index (χ0v) is 13.7. The Balaban J connectivity index is 1.56. The van der Waals surface area contributed by atoms with Crippen LogP contribution in [0.25, 0.3) is 11.0 Å². The minimum atomic E-state index is -0.197. The predicted molar refractivity (Wildman–Crippen MR) is 88.6 cm³/mol. The smallest absolute Gasteiger partial charge is 0.254 e. The number of carbonyl (C=O) groups excluding carboxylic acids is 1. The zero-order valence-electron chi connectivity index (χ0n) is 13.7. The van der Waals surface area contributed by atoms with Crippen molar-refractivity contribution < 1.29 is 9.53 Å². The van der Waals surface area contributed by atoms with Crippen molar-refractivity contribution in [2.24, 2.45) is 7.05 Å². The van der Waals surface area contributed by atoms with E-state index in [1.54, 1.807) is 6.33 Å². The number of imidazole rings is 2. The van der Waals surface area contributed by atoms with Crippen molar-refractivity contribution in [3.05, 3.63) is 47.8 Å². The van der Waals surface area contributed by atoms with Gasteiger partial charge in [-0.2, -0.15) is 0 Å². The van der Waals surface area contributed by atoms with Gasteiger partial charge in [0, 0.05) is 25.4 Å². The Morgan fingerprint density at radius 1 is 1.42 bits per heavy atom. The minimum Gasteiger partial charge on any atom is -0.367 e. The molecular formula is C17H19N5O2. The number of benzene rings is 1. The summed E-state index contributed by atoms with van der Waals surface area (Å²) in [6.07, 6.45) is 3.40. The van der Waals surface area contributed by atoms with Crippen molar-refractivity contribution in [1.82, 2.24) is 24.4 Å². The van der Waals surface area contributed by atoms with Gasteiger partial charge in [-0.25, -0.2) is 9.97 Å². The molecule has 1 unspecified atom stereocenters. The number of hydrogen-bond donors (Lipinski definition) is 1. The van der Waals surface area contributed by atoms with Gasteiger partial charge in [0.1, 0.15) is 11.9 Å². The first kappa shape index (κ1) is 14.9. The van der Waals surface area contributed by atoms with Crippen LogP contribution in [-0.4, -0.2) is 50.0 Å². The number of H-pyrrole nitrogens is 1. The molecule has 0 saturated carbocycles. The van der Waals surface area contributed by atoms with Gasteiger partial charge in [0.05, 0.1) is 36.2 Å². The van der Waals surface area contributed by atoms with E-state index in [0.717, 1.165) is 22.6 Å². The van der Waals surface area contributed by atoms with Gasteiger partial charge < -0.3 is 19.2 Å². The van der Waals surface area contributed by atoms with E-state index in [0.29, 0.717) is 25.3 Å². The van der Waals surface area contributed by atoms with Crippen molar-refractivity contribution in [2.75, 3.05) is 19.7 Å². The molecule has 1 atom stereocenters. The Hall–Kier alpha value is -2.67. The van der Waals surface area contributed by atoms with E-state index in [1.165, 1.54) is 0 Å². The van der Waals surface area contributed by atoms with Crippen LogP contribution in [0.15, 0.2) is 30.7 Å². The van der Waals surface area contributed by atoms with E-state index >= 15 is 0 Å². The maximum atomic E-state index is 12.8. The number of hydrogen-bond acceptors (Lipinski definition) is 4. The molecule has 0 aliphatic carbocycles. The number of aromatic nitrogens is 4. The number of aromatic amines is 1. The molecule has 0 radical (unpaired) electrons. The first-order valence-electron chi connectivity index (χ1n) is 7.95. The van der Waals surface area contributed by atoms with Crippen molar-refractivity contribution in [2.45, 2.75) is 13.0 Å². The molecule has 3 aromatic rings. The Bertz CT molecular complexity index is 897. The molecule has 4 rings (SSSR count). The lowest BCUT2D eigenvalue weighted by molar-refractivity contribution is -0.0279. The summed E-state index contributed by atoms with van der Waals surface area (Å²) in [4.78, 5) is 26.4. The summed E-state index contributed by atoms with van der Waals surface area (Å²) >= 11 is 0. The molecule has 7 nitrogen and oxygen atoms in total. The van der Waals surface area contributed by atoms with Crippen LogP contribution < -0.4 is 0 Å². The minimum absolute atomic E-state index is 0.00531. The van der Waals surface area contributed by atoms with Crippen LogP contribution >= 0.6 is 0 Å². The monoisotopic (exact) mass is 325 g/mol. The van der Waals surface area contributed by atoms with E-state index < -0.39 is 0 Å². The SMILES string of the molecule is Cc1cn(C)c(C2CN(C(=O)c3ccc4nc[nH]c4c3)CCO2)n1. The second kappa shape index (κ2) is 5.76. The number of fused-ring (bicyclic) bond motifs is 1. The summed E-state index contributed by atoms with van der Waals surface area (Å²) in [7, 11) is 1.95. The topological polar surface area (TPSA) is 76.0 Å². The van der Waals surface area contributed by atoms with E-state index in [9.17, 15) is 4.79 Å². The molecule has 1 aromatic carbocycles. The third-order valence-electron chi connectivity index (χ3n) is 4.34. The summed E-state index contributed by atoms with van der Waals surface area (Å²) in [5.41, 5.74) is 3.33. The normalized spacial score (nSPS) is 18.2. The molecular weight excluding hydrogens is 306 g/mol. The lowest BCUT2D eigenvalue weighted by atomic mass is 10.1. The van der Waals surface area contributed by atoms with Crippen molar-refractivity contribution in [1.29, 1.82) is 0 Å². The largest absolute Gasteiger partial charge is 0.367 e. The Kier molecular flexibility index (Phi) is 3.57. The third-order valence-corrected chi connectivity index (χ3v) is 4.34. The van der Waals surface area contributed by atoms with E-state index in [4.69, 9.17) is 4.74 Å². The standard InChI is InChI=1S/C17H19N5O2/c1-11-8-21(2)16(20-11)15-9-22(5-6-24-15)17(23)12-3-4-13-14(7-12)19-10-18-13/h3-4,7-8,10,15H,5-6,9H2,1-2H3,(H,18,19). The molecule has 1 aliphatic rings. The van der Waals surface area contributed by atoms with Crippen LogP contribution in [0.3, 0.4) is 0 Å². The molecule has 3 heterocycles. The summed E-state index contributed by atoms with van der Waals surface area (Å²) in [5, 5.41) is 0. The average molecular weight is 325 g/mol. The first-order valence-corrected chi connectivity index (χ1v) is 7.95. The quantitative estimate of drug-likeness (QED) is 0.780. The number of nitrogens with one attached hydrogen (secondary N) is 1. The summed E-state index contributed by atoms with van der Waals surface area (Å²) < 4.78 is 7.80. The molecule has 7 heteroatoms. The lowest BCUT2D eigenvalue weighted by Crippen LogP contribution is -2.42. The first-order chi connectivity index (χ1) is 11.6. The Morgan fingerprint density at radius 2 is 2.29 bits per heavy atom. The fourth-order valence-corrected chi connectivity index (χ4v) is 3.18. The van der Waals surface area contributed by atoms with Crippen LogP contribution in [0, 0.1) is 6.92 Å². The molecule has 2 aromatic heterocycles. The molecule has 124 valence electrons. The van der Waals surface area contributed by atoms with Gasteiger partial charge in [0.25, 0.3) is 5.91 Å². The van der Waals surface area contributed by atoms with E-state index in [-0.39, 0.29) is 12.0 Å². The molecule has 1 N–H and O–H groups in total. The molecule has 1 saturated heterocycles. The van der Waals surface area contributed by atoms with Crippen LogP contribution in [0.1, 0.15) is 28.0 Å². The van der Waals surface area contributed by atoms with Crippen LogP contribution in [0.2, 0.25) is 0 Å². The number of carbonyl (C=O) groups is 1. The fourth-order valence-electron chi connectivity index (χ4n) is 3.18. The highest BCUT2D eigenvalue weighted by Crippen LogP contribution is 2.23. The van der Waals surface area contributed by atoms with Crippen molar-refractivity contribution >= 4 is 16.9 Å². The molecule has 24 heavy (non-hydrogen) atoms. The van der Waals surface area contributed by atoms with E-state index in [1.807, 2.05) is 47.8 Å². The third kappa shape index (κ3) is 2.56. The average Bonchev–Trinajstić information content (AvgIpc) is 3.19. The molecule has 1 aliphatic heterocycles. The second-order valence-electron chi connectivity index (χ2n) is 6.10. The second-order valence-corrected chi connectivity index (χ2v) is 6.10. The van der Waals surface area contributed by atoms with Gasteiger partial charge in [0.15, 0.2) is 0 Å². The molecule has 0 spiro atoms. The fraction of sp³-hybridized carbons (Fsp3) is 0.353. The Labute approximate surface area is 139 Å². The number of ether oxygens (including phenoxy) is 1. The zero-order chi connectivity index (χ0) is 16.7. The summed E-state index contributed by atoms with van der Waals surface area (Å²) in [6.45, 7) is 3.55. The summed E-state index contributed by atoms with van der Waals surface area (Å²) in [6, 6.07) is 5.53. The molecule has 0 bridgehead atoms. The van der Waals surface area contributed by atoms with Gasteiger partial charge in [-0.3, -0.25) is 4.79 Å². The number of morpholine rings is 1. The number of aryl methyl sites for hydroxylation is 2. The predicted octanol–water partition coefficient (Wildman–Crippen LogP) is 1.82. The van der Waals surface area contributed by atoms with Gasteiger partial charge in [-0.05, 0) is 25.1 Å². The number of amides is 1. The van der Waals surface area contributed by atoms with Crippen LogP contribution in [0.5, 0.6) is 0 Å². The van der Waals surface area contributed by atoms with Crippen molar-refractivity contribution in [3.8, 4) is 0 Å². The van der Waals surface area contributed by atoms with Crippen molar-refractivity contribution in [3.63, 3.8) is 0 Å². The highest BCUT2D eigenvalue weighted by Gasteiger charge is 2.28. The van der Waals surface area contributed by atoms with Gasteiger partial charge >= 0.3 is 0 Å². The maximum absolute atomic E-state index is 12.8. The van der Waals surface area contributed by atoms with Crippen LogP contribution in [-0.2, 0) is 11.8 Å². The lowest BCUT2D eigenvalue weighted by Gasteiger charge is -2.32. The maximum Gasteiger partial charge on any atom is 0.254 e. The van der Waals surface area contributed by atoms with Crippen LogP contribution in [0.4, 0.5) is 0 Å². The molecule has 1 amide bonds. The summed E-state index contributed by atoms with van der Waals surface area (Å²) in [5.74, 6) is 0.861. The van der Waals surface area contributed by atoms with Gasteiger partial charge in [-0.15, -0.1) is 0 Å². The highest BCUT2D eigenvalue weighted by molar-refractivity contribution is 5.97. The van der Waals surface area contributed by atoms with Gasteiger partial charge in [0.2, 0.25) is 0 Å². The van der Waals surface area contributed by atoms with E-state index in [2.05, 4.69) is 15.0 Å². The number of nitrogens with zero attached hydrogens (tertiary/aromatic N) is 4. The highest BCUT2D eigenvalue weighted by atomic mass is 16.5. The number of rotatable bonds is 2.